The predicted octanol–water partition coefficient (Wildman–Crippen LogP) is -1.28. The maximum Gasteiger partial charge on any atom is 0.240 e. The third-order valence-corrected chi connectivity index (χ3v) is 1.60. The Bertz CT molecular complexity index is 192. The zero-order valence-corrected chi connectivity index (χ0v) is 6.80. The summed E-state index contributed by atoms with van der Waals surface area (Å²) in [6.45, 7) is 2.08. The van der Waals surface area contributed by atoms with E-state index in [2.05, 4.69) is 16.6 Å². The second-order valence-electron chi connectivity index (χ2n) is 2.50. The molecule has 1 amide bonds. The number of carbonyl (C=O) groups excluding carboxylic acids is 1. The summed E-state index contributed by atoms with van der Waals surface area (Å²) in [6, 6.07) is -0.243. The number of carbonyl (C=O) groups is 1. The third-order valence-electron chi connectivity index (χ3n) is 1.60. The van der Waals surface area contributed by atoms with Crippen LogP contribution in [-0.2, 0) is 9.53 Å². The van der Waals surface area contributed by atoms with Gasteiger partial charge in [-0.25, -0.2) is 0 Å². The van der Waals surface area contributed by atoms with Crippen LogP contribution >= 0.6 is 0 Å². The van der Waals surface area contributed by atoms with E-state index in [4.69, 9.17) is 11.2 Å². The fraction of sp³-hybridized carbons (Fsp3) is 0.625. The van der Waals surface area contributed by atoms with Crippen LogP contribution in [0.4, 0.5) is 0 Å². The van der Waals surface area contributed by atoms with Crippen LogP contribution in [0.25, 0.3) is 0 Å². The molecule has 1 rings (SSSR count). The van der Waals surface area contributed by atoms with Gasteiger partial charge in [-0.1, -0.05) is 5.92 Å². The minimum atomic E-state index is -0.243. The lowest BCUT2D eigenvalue weighted by Crippen LogP contribution is -2.51. The van der Waals surface area contributed by atoms with Gasteiger partial charge >= 0.3 is 0 Å². The van der Waals surface area contributed by atoms with Gasteiger partial charge in [0.05, 0.1) is 19.8 Å². The number of ether oxygens (including phenoxy) is 1. The number of morpholine rings is 1. The van der Waals surface area contributed by atoms with E-state index in [9.17, 15) is 4.79 Å². The average molecular weight is 168 g/mol. The minimum Gasteiger partial charge on any atom is -0.378 e. The van der Waals surface area contributed by atoms with E-state index >= 15 is 0 Å². The molecule has 4 nitrogen and oxygen atoms in total. The number of nitrogens with one attached hydrogen (secondary N) is 2. The van der Waals surface area contributed by atoms with Crippen LogP contribution < -0.4 is 10.6 Å². The van der Waals surface area contributed by atoms with Crippen molar-refractivity contribution in [3.8, 4) is 12.3 Å². The van der Waals surface area contributed by atoms with Crippen LogP contribution in [0.1, 0.15) is 0 Å². The van der Waals surface area contributed by atoms with Gasteiger partial charge in [-0.05, 0) is 0 Å². The standard InChI is InChI=1S/C8H12N2O2/c1-2-3-10-8(11)7-6-12-5-4-9-7/h1,7,9H,3-6H2,(H,10,11). The van der Waals surface area contributed by atoms with E-state index in [1.165, 1.54) is 0 Å². The molecule has 0 radical (unpaired) electrons. The summed E-state index contributed by atoms with van der Waals surface area (Å²) < 4.78 is 5.11. The van der Waals surface area contributed by atoms with Gasteiger partial charge in [0, 0.05) is 6.54 Å². The Morgan fingerprint density at radius 1 is 1.83 bits per heavy atom. The number of hydrogen-bond donors (Lipinski definition) is 2. The van der Waals surface area contributed by atoms with Crippen molar-refractivity contribution in [1.82, 2.24) is 10.6 Å². The van der Waals surface area contributed by atoms with E-state index in [1.807, 2.05) is 0 Å². The molecule has 1 unspecified atom stereocenters. The van der Waals surface area contributed by atoms with Crippen LogP contribution in [0.3, 0.4) is 0 Å². The first-order valence-electron chi connectivity index (χ1n) is 3.87. The quantitative estimate of drug-likeness (QED) is 0.505. The van der Waals surface area contributed by atoms with Gasteiger partial charge in [-0.3, -0.25) is 4.79 Å². The monoisotopic (exact) mass is 168 g/mol. The smallest absolute Gasteiger partial charge is 0.240 e. The number of terminal acetylenes is 1. The van der Waals surface area contributed by atoms with Gasteiger partial charge in [-0.15, -0.1) is 6.42 Å². The second kappa shape index (κ2) is 4.75. The fourth-order valence-corrected chi connectivity index (χ4v) is 0.995. The molecule has 1 fully saturated rings. The van der Waals surface area contributed by atoms with E-state index in [0.29, 0.717) is 19.8 Å². The first kappa shape index (κ1) is 9.04. The summed E-state index contributed by atoms with van der Waals surface area (Å²) in [7, 11) is 0. The highest BCUT2D eigenvalue weighted by Gasteiger charge is 2.19. The topological polar surface area (TPSA) is 50.4 Å². The second-order valence-corrected chi connectivity index (χ2v) is 2.50. The fourth-order valence-electron chi connectivity index (χ4n) is 0.995. The highest BCUT2D eigenvalue weighted by Crippen LogP contribution is 1.91. The molecule has 12 heavy (non-hydrogen) atoms. The number of hydrogen-bond acceptors (Lipinski definition) is 3. The Labute approximate surface area is 71.7 Å². The van der Waals surface area contributed by atoms with Gasteiger partial charge in [-0.2, -0.15) is 0 Å². The number of amides is 1. The molecule has 0 aromatic carbocycles. The van der Waals surface area contributed by atoms with E-state index in [-0.39, 0.29) is 18.5 Å². The molecule has 0 aromatic heterocycles. The first-order chi connectivity index (χ1) is 5.84. The van der Waals surface area contributed by atoms with Crippen LogP contribution in [-0.4, -0.2) is 38.3 Å². The van der Waals surface area contributed by atoms with Crippen molar-refractivity contribution in [1.29, 1.82) is 0 Å². The normalized spacial score (nSPS) is 22.8. The first-order valence-corrected chi connectivity index (χ1v) is 3.87. The molecule has 0 spiro atoms. The lowest BCUT2D eigenvalue weighted by Gasteiger charge is -2.22. The Kier molecular flexibility index (Phi) is 3.58. The van der Waals surface area contributed by atoms with Crippen molar-refractivity contribution < 1.29 is 9.53 Å². The van der Waals surface area contributed by atoms with Gasteiger partial charge in [0.25, 0.3) is 0 Å². The van der Waals surface area contributed by atoms with Gasteiger partial charge in [0.2, 0.25) is 5.91 Å². The summed E-state index contributed by atoms with van der Waals surface area (Å²) >= 11 is 0. The molecule has 0 saturated carbocycles. The Balaban J connectivity index is 2.26. The summed E-state index contributed by atoms with van der Waals surface area (Å²) in [4.78, 5) is 11.2. The van der Waals surface area contributed by atoms with Gasteiger partial charge in [0.15, 0.2) is 0 Å². The molecular formula is C8H12N2O2. The SMILES string of the molecule is C#CCNC(=O)C1COCCN1. The third kappa shape index (κ3) is 2.53. The Morgan fingerprint density at radius 2 is 2.67 bits per heavy atom. The van der Waals surface area contributed by atoms with E-state index < -0.39 is 0 Å². The average Bonchev–Trinajstić information content (AvgIpc) is 2.15. The molecule has 1 aliphatic rings. The van der Waals surface area contributed by atoms with Crippen LogP contribution in [0.5, 0.6) is 0 Å². The van der Waals surface area contributed by atoms with Crippen LogP contribution in [0.2, 0.25) is 0 Å². The molecule has 0 aliphatic carbocycles. The summed E-state index contributed by atoms with van der Waals surface area (Å²) in [6.07, 6.45) is 4.99. The predicted molar refractivity (Wildman–Crippen MR) is 44.5 cm³/mol. The van der Waals surface area contributed by atoms with E-state index in [0.717, 1.165) is 0 Å². The minimum absolute atomic E-state index is 0.0901. The Morgan fingerprint density at radius 3 is 3.25 bits per heavy atom. The van der Waals surface area contributed by atoms with Crippen molar-refractivity contribution >= 4 is 5.91 Å². The summed E-state index contributed by atoms with van der Waals surface area (Å²) in [5.74, 6) is 2.25. The lowest BCUT2D eigenvalue weighted by molar-refractivity contribution is -0.125. The molecule has 0 bridgehead atoms. The molecule has 1 aliphatic heterocycles. The lowest BCUT2D eigenvalue weighted by atomic mass is 10.2. The number of rotatable bonds is 2. The molecule has 1 heterocycles. The van der Waals surface area contributed by atoms with Crippen LogP contribution in [0.15, 0.2) is 0 Å². The Hall–Kier alpha value is -1.05. The van der Waals surface area contributed by atoms with Crippen molar-refractivity contribution in [2.45, 2.75) is 6.04 Å². The molecule has 0 aromatic rings. The zero-order valence-electron chi connectivity index (χ0n) is 6.80. The molecular weight excluding hydrogens is 156 g/mol. The van der Waals surface area contributed by atoms with Crippen molar-refractivity contribution in [3.05, 3.63) is 0 Å². The van der Waals surface area contributed by atoms with Gasteiger partial charge in [0.1, 0.15) is 6.04 Å². The molecule has 66 valence electrons. The molecule has 2 N–H and O–H groups in total. The highest BCUT2D eigenvalue weighted by molar-refractivity contribution is 5.82. The van der Waals surface area contributed by atoms with Gasteiger partial charge < -0.3 is 15.4 Å². The van der Waals surface area contributed by atoms with Crippen LogP contribution in [0, 0.1) is 12.3 Å². The largest absolute Gasteiger partial charge is 0.378 e. The maximum absolute atomic E-state index is 11.2. The van der Waals surface area contributed by atoms with Crippen molar-refractivity contribution in [2.24, 2.45) is 0 Å². The highest BCUT2D eigenvalue weighted by atomic mass is 16.5. The van der Waals surface area contributed by atoms with E-state index in [1.54, 1.807) is 0 Å². The summed E-state index contributed by atoms with van der Waals surface area (Å²) in [5.41, 5.74) is 0. The maximum atomic E-state index is 11.2. The molecule has 1 saturated heterocycles. The van der Waals surface area contributed by atoms with Crippen molar-refractivity contribution in [2.75, 3.05) is 26.3 Å². The van der Waals surface area contributed by atoms with Crippen molar-refractivity contribution in [3.63, 3.8) is 0 Å². The molecule has 4 heteroatoms. The summed E-state index contributed by atoms with van der Waals surface area (Å²) in [5, 5.41) is 5.61. The molecule has 1 atom stereocenters. The zero-order chi connectivity index (χ0) is 8.81.